The normalized spacial score (nSPS) is 17.2. The lowest BCUT2D eigenvalue weighted by Gasteiger charge is -2.32. The number of amides is 2. The molecule has 0 saturated heterocycles. The van der Waals surface area contributed by atoms with Gasteiger partial charge in [-0.3, -0.25) is 9.59 Å². The highest BCUT2D eigenvalue weighted by molar-refractivity contribution is 7.12. The molecule has 5 nitrogen and oxygen atoms in total. The number of rotatable bonds is 5. The summed E-state index contributed by atoms with van der Waals surface area (Å²) in [6, 6.07) is 3.55. The first-order valence-corrected chi connectivity index (χ1v) is 8.16. The fraction of sp³-hybridized carbons (Fsp3) is 0.600. The Morgan fingerprint density at radius 1 is 1.38 bits per heavy atom. The summed E-state index contributed by atoms with van der Waals surface area (Å²) >= 11 is 1.36. The molecule has 0 aliphatic heterocycles. The Hall–Kier alpha value is -1.40. The van der Waals surface area contributed by atoms with Gasteiger partial charge >= 0.3 is 0 Å². The molecule has 0 spiro atoms. The highest BCUT2D eigenvalue weighted by atomic mass is 32.1. The summed E-state index contributed by atoms with van der Waals surface area (Å²) < 4.78 is 0. The van der Waals surface area contributed by atoms with E-state index >= 15 is 0 Å². The first kappa shape index (κ1) is 16.0. The average Bonchev–Trinajstić information content (AvgIpc) is 2.99. The number of hydrogen-bond acceptors (Lipinski definition) is 4. The second-order valence-corrected chi connectivity index (χ2v) is 6.65. The van der Waals surface area contributed by atoms with E-state index in [4.69, 9.17) is 0 Å². The number of aliphatic hydroxyl groups is 1. The number of thiophene rings is 1. The third kappa shape index (κ3) is 4.54. The number of likely N-dealkylation sites (N-methyl/N-ethyl adjacent to an activating group) is 1. The van der Waals surface area contributed by atoms with Crippen LogP contribution in [0.4, 0.5) is 0 Å². The van der Waals surface area contributed by atoms with Crippen LogP contribution in [0.15, 0.2) is 17.5 Å². The van der Waals surface area contributed by atoms with Crippen LogP contribution in [0.3, 0.4) is 0 Å². The number of hydrogen-bond donors (Lipinski definition) is 2. The molecule has 6 heteroatoms. The Labute approximate surface area is 129 Å². The van der Waals surface area contributed by atoms with Crippen LogP contribution in [-0.4, -0.2) is 47.6 Å². The van der Waals surface area contributed by atoms with Crippen molar-refractivity contribution < 1.29 is 14.7 Å². The zero-order valence-corrected chi connectivity index (χ0v) is 13.1. The number of nitrogens with one attached hydrogen (secondary N) is 1. The van der Waals surface area contributed by atoms with Crippen molar-refractivity contribution in [2.45, 2.75) is 37.7 Å². The first-order chi connectivity index (χ1) is 10.0. The van der Waals surface area contributed by atoms with Gasteiger partial charge in [0.15, 0.2) is 0 Å². The van der Waals surface area contributed by atoms with Crippen molar-refractivity contribution in [1.82, 2.24) is 10.2 Å². The van der Waals surface area contributed by atoms with Gasteiger partial charge in [0, 0.05) is 13.6 Å². The lowest BCUT2D eigenvalue weighted by atomic mass is 9.85. The van der Waals surface area contributed by atoms with E-state index in [9.17, 15) is 14.7 Å². The molecule has 0 radical (unpaired) electrons. The fourth-order valence-electron chi connectivity index (χ4n) is 2.58. The van der Waals surface area contributed by atoms with Crippen LogP contribution in [0.2, 0.25) is 0 Å². The van der Waals surface area contributed by atoms with E-state index < -0.39 is 5.60 Å². The Kier molecular flexibility index (Phi) is 5.36. The zero-order chi connectivity index (χ0) is 15.3. The van der Waals surface area contributed by atoms with Crippen molar-refractivity contribution in [1.29, 1.82) is 0 Å². The van der Waals surface area contributed by atoms with Gasteiger partial charge < -0.3 is 15.3 Å². The van der Waals surface area contributed by atoms with Crippen LogP contribution in [0.25, 0.3) is 0 Å². The van der Waals surface area contributed by atoms with E-state index in [1.165, 1.54) is 16.2 Å². The quantitative estimate of drug-likeness (QED) is 0.868. The Morgan fingerprint density at radius 2 is 2.10 bits per heavy atom. The molecule has 0 bridgehead atoms. The lowest BCUT2D eigenvalue weighted by Crippen LogP contribution is -2.47. The molecular formula is C15H22N2O3S. The van der Waals surface area contributed by atoms with E-state index in [0.717, 1.165) is 32.1 Å². The molecule has 1 fully saturated rings. The highest BCUT2D eigenvalue weighted by Gasteiger charge is 2.29. The number of nitrogens with zero attached hydrogens (tertiary/aromatic N) is 1. The molecule has 0 unspecified atom stereocenters. The third-order valence-corrected chi connectivity index (χ3v) is 4.72. The van der Waals surface area contributed by atoms with Crippen molar-refractivity contribution in [3.8, 4) is 0 Å². The third-order valence-electron chi connectivity index (χ3n) is 3.86. The van der Waals surface area contributed by atoms with E-state index in [1.807, 2.05) is 11.4 Å². The molecule has 116 valence electrons. The van der Waals surface area contributed by atoms with E-state index in [0.29, 0.717) is 4.88 Å². The zero-order valence-electron chi connectivity index (χ0n) is 12.3. The summed E-state index contributed by atoms with van der Waals surface area (Å²) in [5.41, 5.74) is -0.774. The molecule has 1 saturated carbocycles. The minimum Gasteiger partial charge on any atom is -0.388 e. The maximum atomic E-state index is 12.0. The van der Waals surface area contributed by atoms with Crippen molar-refractivity contribution in [2.24, 2.45) is 0 Å². The predicted molar refractivity (Wildman–Crippen MR) is 82.3 cm³/mol. The summed E-state index contributed by atoms with van der Waals surface area (Å²) in [6.45, 7) is 0.277. The monoisotopic (exact) mass is 310 g/mol. The van der Waals surface area contributed by atoms with Crippen LogP contribution >= 0.6 is 11.3 Å². The van der Waals surface area contributed by atoms with Gasteiger partial charge in [-0.1, -0.05) is 25.3 Å². The van der Waals surface area contributed by atoms with Crippen molar-refractivity contribution in [3.63, 3.8) is 0 Å². The van der Waals surface area contributed by atoms with Crippen LogP contribution in [0.5, 0.6) is 0 Å². The van der Waals surface area contributed by atoms with Gasteiger partial charge in [0.1, 0.15) is 0 Å². The Bertz CT molecular complexity index is 481. The van der Waals surface area contributed by atoms with E-state index in [2.05, 4.69) is 5.32 Å². The summed E-state index contributed by atoms with van der Waals surface area (Å²) in [5, 5.41) is 14.9. The average molecular weight is 310 g/mol. The van der Waals surface area contributed by atoms with E-state index in [1.54, 1.807) is 13.1 Å². The van der Waals surface area contributed by atoms with Gasteiger partial charge in [-0.25, -0.2) is 0 Å². The summed E-state index contributed by atoms with van der Waals surface area (Å²) in [7, 11) is 1.61. The molecule has 21 heavy (non-hydrogen) atoms. The maximum absolute atomic E-state index is 12.0. The number of carbonyl (C=O) groups is 2. The van der Waals surface area contributed by atoms with Crippen LogP contribution < -0.4 is 5.32 Å². The minimum atomic E-state index is -0.774. The summed E-state index contributed by atoms with van der Waals surface area (Å²) in [5.74, 6) is -0.391. The van der Waals surface area contributed by atoms with Gasteiger partial charge in [0.05, 0.1) is 17.0 Å². The minimum absolute atomic E-state index is 0.00676. The number of carbonyl (C=O) groups excluding carboxylic acids is 2. The fourth-order valence-corrected chi connectivity index (χ4v) is 3.30. The van der Waals surface area contributed by atoms with Gasteiger partial charge in [-0.2, -0.15) is 0 Å². The van der Waals surface area contributed by atoms with Crippen molar-refractivity contribution in [2.75, 3.05) is 20.1 Å². The molecule has 0 atom stereocenters. The molecule has 1 aromatic heterocycles. The highest BCUT2D eigenvalue weighted by Crippen LogP contribution is 2.27. The second kappa shape index (κ2) is 7.04. The largest absolute Gasteiger partial charge is 0.388 e. The van der Waals surface area contributed by atoms with Crippen LogP contribution in [0, 0.1) is 0 Å². The topological polar surface area (TPSA) is 69.6 Å². The van der Waals surface area contributed by atoms with E-state index in [-0.39, 0.29) is 24.9 Å². The Morgan fingerprint density at radius 3 is 2.71 bits per heavy atom. The molecule has 1 heterocycles. The predicted octanol–water partition coefficient (Wildman–Crippen LogP) is 1.63. The molecule has 0 aromatic carbocycles. The van der Waals surface area contributed by atoms with Crippen LogP contribution in [-0.2, 0) is 4.79 Å². The molecule has 1 aromatic rings. The molecular weight excluding hydrogens is 288 g/mol. The molecule has 1 aliphatic carbocycles. The van der Waals surface area contributed by atoms with Crippen molar-refractivity contribution >= 4 is 23.2 Å². The van der Waals surface area contributed by atoms with Gasteiger partial charge in [-0.05, 0) is 24.3 Å². The summed E-state index contributed by atoms with van der Waals surface area (Å²) in [4.78, 5) is 25.9. The van der Waals surface area contributed by atoms with Crippen LogP contribution in [0.1, 0.15) is 41.8 Å². The van der Waals surface area contributed by atoms with Gasteiger partial charge in [0.2, 0.25) is 5.91 Å². The smallest absolute Gasteiger partial charge is 0.264 e. The standard InChI is InChI=1S/C15H22N2O3S/c1-17(14(19)12-6-5-9-21-12)10-13(18)16-11-15(20)7-3-2-4-8-15/h5-6,9,20H,2-4,7-8,10-11H2,1H3,(H,16,18). The lowest BCUT2D eigenvalue weighted by molar-refractivity contribution is -0.123. The molecule has 1 aliphatic rings. The van der Waals surface area contributed by atoms with Crippen molar-refractivity contribution in [3.05, 3.63) is 22.4 Å². The second-order valence-electron chi connectivity index (χ2n) is 5.70. The molecule has 2 N–H and O–H groups in total. The molecule has 2 rings (SSSR count). The maximum Gasteiger partial charge on any atom is 0.264 e. The SMILES string of the molecule is CN(CC(=O)NCC1(O)CCCCC1)C(=O)c1cccs1. The Balaban J connectivity index is 1.77. The summed E-state index contributed by atoms with van der Waals surface area (Å²) in [6.07, 6.45) is 4.62. The van der Waals surface area contributed by atoms with Gasteiger partial charge in [0.25, 0.3) is 5.91 Å². The van der Waals surface area contributed by atoms with Gasteiger partial charge in [-0.15, -0.1) is 11.3 Å². The molecule has 2 amide bonds. The first-order valence-electron chi connectivity index (χ1n) is 7.28.